The first kappa shape index (κ1) is 20.8. The monoisotopic (exact) mass is 483 g/mol. The summed E-state index contributed by atoms with van der Waals surface area (Å²) in [6, 6.07) is 20.2. The van der Waals surface area contributed by atoms with Crippen LogP contribution >= 0.6 is 27.7 Å². The number of hydrogen-bond donors (Lipinski definition) is 1. The van der Waals surface area contributed by atoms with Crippen LogP contribution in [-0.4, -0.2) is 32.5 Å². The van der Waals surface area contributed by atoms with Crippen LogP contribution in [0.25, 0.3) is 17.0 Å². The van der Waals surface area contributed by atoms with Gasteiger partial charge >= 0.3 is 0 Å². The van der Waals surface area contributed by atoms with Gasteiger partial charge in [0.05, 0.1) is 12.2 Å². The zero-order chi connectivity index (χ0) is 20.8. The molecule has 0 saturated carbocycles. The fraction of sp³-hybridized carbons (Fsp3) is 0.227. The highest BCUT2D eigenvalue weighted by Gasteiger charge is 2.09. The zero-order valence-electron chi connectivity index (χ0n) is 16.6. The van der Waals surface area contributed by atoms with E-state index in [4.69, 9.17) is 4.42 Å². The van der Waals surface area contributed by atoms with E-state index in [0.717, 1.165) is 51.1 Å². The van der Waals surface area contributed by atoms with Crippen LogP contribution in [0.3, 0.4) is 0 Å². The second kappa shape index (κ2) is 10.1. The normalized spacial score (nSPS) is 11.1. The predicted octanol–water partition coefficient (Wildman–Crippen LogP) is 5.27. The summed E-state index contributed by atoms with van der Waals surface area (Å²) < 4.78 is 8.86. The Hall–Kier alpha value is -2.42. The molecule has 0 radical (unpaired) electrons. The lowest BCUT2D eigenvalue weighted by Gasteiger charge is -2.05. The number of halogens is 1. The Balaban J connectivity index is 1.21. The van der Waals surface area contributed by atoms with Crippen molar-refractivity contribution in [1.82, 2.24) is 25.5 Å². The van der Waals surface area contributed by atoms with Crippen LogP contribution in [0.2, 0.25) is 0 Å². The van der Waals surface area contributed by atoms with Crippen LogP contribution in [0.1, 0.15) is 17.7 Å². The van der Waals surface area contributed by atoms with Gasteiger partial charge in [0.15, 0.2) is 0 Å². The van der Waals surface area contributed by atoms with Crippen LogP contribution in [0, 0.1) is 6.92 Å². The van der Waals surface area contributed by atoms with Gasteiger partial charge in [-0.3, -0.25) is 0 Å². The van der Waals surface area contributed by atoms with Crippen molar-refractivity contribution in [3.05, 3.63) is 76.5 Å². The van der Waals surface area contributed by atoms with Gasteiger partial charge < -0.3 is 9.73 Å². The van der Waals surface area contributed by atoms with Crippen molar-refractivity contribution in [2.45, 2.75) is 25.0 Å². The highest BCUT2D eigenvalue weighted by atomic mass is 79.9. The second-order valence-electron chi connectivity index (χ2n) is 6.82. The van der Waals surface area contributed by atoms with Crippen molar-refractivity contribution in [2.75, 3.05) is 12.3 Å². The highest BCUT2D eigenvalue weighted by Crippen LogP contribution is 2.26. The summed E-state index contributed by atoms with van der Waals surface area (Å²) >= 11 is 5.19. The molecule has 0 aliphatic carbocycles. The quantitative estimate of drug-likeness (QED) is 0.258. The lowest BCUT2D eigenvalue weighted by molar-refractivity contribution is 0.494. The molecule has 6 nitrogen and oxygen atoms in total. The maximum absolute atomic E-state index is 5.98. The number of benzene rings is 2. The SMILES string of the molecule is Cc1cc(-c2ccc(CNCCCSc3nnnn3-c3ccccc3)o2)ccc1Br. The van der Waals surface area contributed by atoms with Crippen molar-refractivity contribution in [3.63, 3.8) is 0 Å². The fourth-order valence-corrected chi connectivity index (χ4v) is 4.07. The molecule has 8 heteroatoms. The molecule has 2 aromatic carbocycles. The van der Waals surface area contributed by atoms with Gasteiger partial charge in [-0.15, -0.1) is 5.10 Å². The van der Waals surface area contributed by atoms with Crippen molar-refractivity contribution in [3.8, 4) is 17.0 Å². The van der Waals surface area contributed by atoms with Gasteiger partial charge in [0.25, 0.3) is 0 Å². The molecule has 4 rings (SSSR count). The minimum absolute atomic E-state index is 0.710. The maximum atomic E-state index is 5.98. The minimum atomic E-state index is 0.710. The third-order valence-corrected chi connectivity index (χ3v) is 6.47. The summed E-state index contributed by atoms with van der Waals surface area (Å²) in [7, 11) is 0. The van der Waals surface area contributed by atoms with Gasteiger partial charge in [0.1, 0.15) is 11.5 Å². The molecule has 1 N–H and O–H groups in total. The number of aromatic nitrogens is 4. The van der Waals surface area contributed by atoms with Crippen molar-refractivity contribution < 1.29 is 4.42 Å². The maximum Gasteiger partial charge on any atom is 0.214 e. The standard InChI is InChI=1S/C22H22BrN5OS/c1-16-14-17(8-10-20(16)23)21-11-9-19(29-21)15-24-12-5-13-30-22-25-26-27-28(22)18-6-3-2-4-7-18/h2-4,6-11,14,24H,5,12-13,15H2,1H3. The molecule has 0 aliphatic rings. The molecular weight excluding hydrogens is 462 g/mol. The Morgan fingerprint density at radius 1 is 1.10 bits per heavy atom. The number of nitrogens with one attached hydrogen (secondary N) is 1. The predicted molar refractivity (Wildman–Crippen MR) is 123 cm³/mol. The summed E-state index contributed by atoms with van der Waals surface area (Å²) in [5.74, 6) is 2.76. The number of tetrazole rings is 1. The van der Waals surface area contributed by atoms with E-state index in [9.17, 15) is 0 Å². The molecule has 0 bridgehead atoms. The summed E-state index contributed by atoms with van der Waals surface area (Å²) in [6.45, 7) is 3.69. The van der Waals surface area contributed by atoms with E-state index < -0.39 is 0 Å². The molecule has 2 aromatic heterocycles. The molecule has 2 heterocycles. The van der Waals surface area contributed by atoms with E-state index in [-0.39, 0.29) is 0 Å². The van der Waals surface area contributed by atoms with Crippen LogP contribution in [0.5, 0.6) is 0 Å². The number of nitrogens with zero attached hydrogens (tertiary/aromatic N) is 4. The zero-order valence-corrected chi connectivity index (χ0v) is 19.0. The molecule has 0 aliphatic heterocycles. The Morgan fingerprint density at radius 3 is 2.80 bits per heavy atom. The van der Waals surface area contributed by atoms with Gasteiger partial charge in [-0.05, 0) is 72.3 Å². The Bertz CT molecular complexity index is 1100. The molecule has 0 unspecified atom stereocenters. The molecular formula is C22H22BrN5OS. The number of aryl methyl sites for hydroxylation is 1. The molecule has 0 atom stereocenters. The third kappa shape index (κ3) is 5.19. The first-order valence-corrected chi connectivity index (χ1v) is 11.5. The summed E-state index contributed by atoms with van der Waals surface area (Å²) in [5, 5.41) is 16.3. The first-order valence-electron chi connectivity index (χ1n) is 9.73. The van der Waals surface area contributed by atoms with Gasteiger partial charge in [-0.2, -0.15) is 4.68 Å². The number of thioether (sulfide) groups is 1. The van der Waals surface area contributed by atoms with Crippen LogP contribution < -0.4 is 5.32 Å². The lowest BCUT2D eigenvalue weighted by Crippen LogP contribution is -2.14. The summed E-state index contributed by atoms with van der Waals surface area (Å²) in [6.07, 6.45) is 1.01. The average Bonchev–Trinajstić information content (AvgIpc) is 3.43. The molecule has 4 aromatic rings. The van der Waals surface area contributed by atoms with E-state index in [1.54, 1.807) is 16.4 Å². The first-order chi connectivity index (χ1) is 14.7. The third-order valence-electron chi connectivity index (χ3n) is 4.57. The van der Waals surface area contributed by atoms with E-state index in [1.165, 1.54) is 5.56 Å². The van der Waals surface area contributed by atoms with E-state index >= 15 is 0 Å². The number of furan rings is 1. The highest BCUT2D eigenvalue weighted by molar-refractivity contribution is 9.10. The molecule has 0 spiro atoms. The van der Waals surface area contributed by atoms with Crippen LogP contribution in [0.4, 0.5) is 0 Å². The van der Waals surface area contributed by atoms with Crippen molar-refractivity contribution in [2.24, 2.45) is 0 Å². The molecule has 154 valence electrons. The average molecular weight is 484 g/mol. The molecule has 0 fully saturated rings. The fourth-order valence-electron chi connectivity index (χ4n) is 3.00. The Morgan fingerprint density at radius 2 is 1.97 bits per heavy atom. The van der Waals surface area contributed by atoms with Gasteiger partial charge in [-0.1, -0.05) is 52.0 Å². The topological polar surface area (TPSA) is 68.8 Å². The number of rotatable bonds is 9. The van der Waals surface area contributed by atoms with Crippen molar-refractivity contribution in [1.29, 1.82) is 0 Å². The lowest BCUT2D eigenvalue weighted by atomic mass is 10.1. The smallest absolute Gasteiger partial charge is 0.214 e. The number of para-hydroxylation sites is 1. The van der Waals surface area contributed by atoms with Gasteiger partial charge in [0, 0.05) is 15.8 Å². The van der Waals surface area contributed by atoms with Crippen molar-refractivity contribution >= 4 is 27.7 Å². The Kier molecular flexibility index (Phi) is 6.99. The second-order valence-corrected chi connectivity index (χ2v) is 8.73. The minimum Gasteiger partial charge on any atom is -0.460 e. The molecule has 30 heavy (non-hydrogen) atoms. The van der Waals surface area contributed by atoms with Gasteiger partial charge in [0.2, 0.25) is 5.16 Å². The van der Waals surface area contributed by atoms with Crippen LogP contribution in [0.15, 0.2) is 74.7 Å². The summed E-state index contributed by atoms with van der Waals surface area (Å²) in [4.78, 5) is 0. The molecule has 0 amide bonds. The Labute approximate surface area is 188 Å². The number of hydrogen-bond acceptors (Lipinski definition) is 6. The largest absolute Gasteiger partial charge is 0.460 e. The summed E-state index contributed by atoms with van der Waals surface area (Å²) in [5.41, 5.74) is 3.26. The van der Waals surface area contributed by atoms with E-state index in [2.05, 4.69) is 61.9 Å². The van der Waals surface area contributed by atoms with E-state index in [0.29, 0.717) is 6.54 Å². The van der Waals surface area contributed by atoms with Crippen LogP contribution in [-0.2, 0) is 6.54 Å². The van der Waals surface area contributed by atoms with E-state index in [1.807, 2.05) is 42.5 Å². The molecule has 0 saturated heterocycles. The van der Waals surface area contributed by atoms with Gasteiger partial charge in [-0.25, -0.2) is 0 Å².